The van der Waals surface area contributed by atoms with Crippen molar-refractivity contribution in [3.05, 3.63) is 105 Å². The highest BCUT2D eigenvalue weighted by Crippen LogP contribution is 2.44. The third-order valence-corrected chi connectivity index (χ3v) is 7.62. The number of H-pyrrole nitrogens is 1. The number of aromatic amines is 1. The van der Waals surface area contributed by atoms with E-state index in [0.717, 1.165) is 35.1 Å². The van der Waals surface area contributed by atoms with E-state index in [1.807, 2.05) is 18.2 Å². The van der Waals surface area contributed by atoms with Crippen LogP contribution in [0.15, 0.2) is 70.7 Å². The summed E-state index contributed by atoms with van der Waals surface area (Å²) in [5, 5.41) is 22.0. The van der Waals surface area contributed by atoms with Crippen molar-refractivity contribution < 1.29 is 15.1 Å². The van der Waals surface area contributed by atoms with E-state index in [9.17, 15) is 19.9 Å². The number of hydrogen-bond donors (Lipinski definition) is 3. The van der Waals surface area contributed by atoms with E-state index < -0.39 is 11.4 Å². The predicted octanol–water partition coefficient (Wildman–Crippen LogP) is 5.53. The number of nitrogens with one attached hydrogen (secondary N) is 1. The van der Waals surface area contributed by atoms with Gasteiger partial charge in [0.1, 0.15) is 0 Å². The van der Waals surface area contributed by atoms with Gasteiger partial charge in [0.05, 0.1) is 11.3 Å². The standard InChI is InChI=1S/C29H32N2O4/c1-19-5-3-4-6-26(19)29(15-16-31-35,25-17-20(2)27(32)30-18-25)24-13-11-22(12-14-24)21-7-9-23(10-8-21)28(33)34/h3-6,11-14,16-18,21,23,35H,7-10,15H2,1-2H3,(H,30,32)(H,33,34)/b31-16+/t21?,23?,29-/m1/s1. The normalized spacial score (nSPS) is 19.9. The molecule has 0 saturated heterocycles. The van der Waals surface area contributed by atoms with Gasteiger partial charge in [-0.05, 0) is 79.3 Å². The number of aryl methyl sites for hydroxylation is 2. The molecule has 0 amide bonds. The lowest BCUT2D eigenvalue weighted by atomic mass is 9.66. The molecule has 0 spiro atoms. The number of carboxylic acids is 1. The molecule has 0 unspecified atom stereocenters. The highest BCUT2D eigenvalue weighted by molar-refractivity contribution is 5.70. The fourth-order valence-corrected chi connectivity index (χ4v) is 5.61. The van der Waals surface area contributed by atoms with Gasteiger partial charge in [-0.15, -0.1) is 5.16 Å². The maximum atomic E-state index is 12.2. The maximum absolute atomic E-state index is 12.2. The molecule has 3 N–H and O–H groups in total. The molecular weight excluding hydrogens is 440 g/mol. The molecule has 1 heterocycles. The van der Waals surface area contributed by atoms with Crippen molar-refractivity contribution in [3.63, 3.8) is 0 Å². The Morgan fingerprint density at radius 3 is 2.31 bits per heavy atom. The van der Waals surface area contributed by atoms with Crippen LogP contribution in [0.25, 0.3) is 0 Å². The fraction of sp³-hybridized carbons (Fsp3) is 0.345. The van der Waals surface area contributed by atoms with Gasteiger partial charge in [-0.1, -0.05) is 48.5 Å². The molecule has 0 aliphatic heterocycles. The monoisotopic (exact) mass is 472 g/mol. The van der Waals surface area contributed by atoms with Crippen LogP contribution in [0.3, 0.4) is 0 Å². The summed E-state index contributed by atoms with van der Waals surface area (Å²) in [6, 6.07) is 18.6. The van der Waals surface area contributed by atoms with E-state index in [1.165, 1.54) is 11.8 Å². The van der Waals surface area contributed by atoms with Gasteiger partial charge in [0.25, 0.3) is 5.56 Å². The molecule has 1 saturated carbocycles. The SMILES string of the molecule is Cc1ccccc1[C@](C/C=N/O)(c1ccc(C2CCC(C(=O)O)CC2)cc1)c1c[nH]c(=O)c(C)c1. The Morgan fingerprint density at radius 1 is 1.03 bits per heavy atom. The second-order valence-electron chi connectivity index (χ2n) is 9.63. The maximum Gasteiger partial charge on any atom is 0.306 e. The van der Waals surface area contributed by atoms with Crippen molar-refractivity contribution in [2.24, 2.45) is 11.1 Å². The Hall–Kier alpha value is -3.67. The Bertz CT molecular complexity index is 1270. The molecule has 1 aromatic heterocycles. The van der Waals surface area contributed by atoms with Gasteiger partial charge in [0, 0.05) is 24.4 Å². The zero-order chi connectivity index (χ0) is 25.0. The average Bonchev–Trinajstić information content (AvgIpc) is 2.87. The number of hydrogen-bond acceptors (Lipinski definition) is 4. The number of aromatic nitrogens is 1. The summed E-state index contributed by atoms with van der Waals surface area (Å²) in [4.78, 5) is 26.4. The number of nitrogens with zero attached hydrogens (tertiary/aromatic N) is 1. The van der Waals surface area contributed by atoms with Gasteiger partial charge in [-0.3, -0.25) is 9.59 Å². The van der Waals surface area contributed by atoms with Crippen molar-refractivity contribution in [3.8, 4) is 0 Å². The number of rotatable bonds is 7. The highest BCUT2D eigenvalue weighted by atomic mass is 16.4. The summed E-state index contributed by atoms with van der Waals surface area (Å²) in [6.07, 6.45) is 6.83. The van der Waals surface area contributed by atoms with E-state index in [1.54, 1.807) is 13.1 Å². The zero-order valence-electron chi connectivity index (χ0n) is 20.2. The van der Waals surface area contributed by atoms with Crippen molar-refractivity contribution in [2.45, 2.75) is 57.3 Å². The summed E-state index contributed by atoms with van der Waals surface area (Å²) in [7, 11) is 0. The molecule has 0 bridgehead atoms. The first-order chi connectivity index (χ1) is 16.9. The second kappa shape index (κ2) is 10.3. The summed E-state index contributed by atoms with van der Waals surface area (Å²) in [5.41, 5.74) is 5.14. The fourth-order valence-electron chi connectivity index (χ4n) is 5.61. The van der Waals surface area contributed by atoms with E-state index in [-0.39, 0.29) is 11.5 Å². The summed E-state index contributed by atoms with van der Waals surface area (Å²) in [6.45, 7) is 3.86. The van der Waals surface area contributed by atoms with Gasteiger partial charge < -0.3 is 15.3 Å². The highest BCUT2D eigenvalue weighted by Gasteiger charge is 2.37. The van der Waals surface area contributed by atoms with Gasteiger partial charge >= 0.3 is 5.97 Å². The Balaban J connectivity index is 1.82. The molecule has 4 rings (SSSR count). The Kier molecular flexibility index (Phi) is 7.20. The molecule has 6 nitrogen and oxygen atoms in total. The minimum atomic E-state index is -0.691. The summed E-state index contributed by atoms with van der Waals surface area (Å²) in [5.74, 6) is -0.578. The van der Waals surface area contributed by atoms with Crippen LogP contribution in [0, 0.1) is 19.8 Å². The van der Waals surface area contributed by atoms with Crippen LogP contribution in [0.4, 0.5) is 0 Å². The van der Waals surface area contributed by atoms with Crippen LogP contribution in [0.1, 0.15) is 71.4 Å². The number of oxime groups is 1. The van der Waals surface area contributed by atoms with Crippen LogP contribution in [-0.2, 0) is 10.2 Å². The zero-order valence-corrected chi connectivity index (χ0v) is 20.2. The lowest BCUT2D eigenvalue weighted by molar-refractivity contribution is -0.142. The Labute approximate surface area is 205 Å². The molecule has 6 heteroatoms. The summed E-state index contributed by atoms with van der Waals surface area (Å²) >= 11 is 0. The van der Waals surface area contributed by atoms with E-state index >= 15 is 0 Å². The van der Waals surface area contributed by atoms with Crippen LogP contribution < -0.4 is 5.56 Å². The molecule has 1 atom stereocenters. The molecular formula is C29H32N2O4. The summed E-state index contributed by atoms with van der Waals surface area (Å²) < 4.78 is 0. The third kappa shape index (κ3) is 4.78. The molecule has 2 aromatic carbocycles. The second-order valence-corrected chi connectivity index (χ2v) is 9.63. The number of carboxylic acid groups (broad SMARTS) is 1. The first kappa shape index (κ1) is 24.5. The molecule has 182 valence electrons. The van der Waals surface area contributed by atoms with Crippen molar-refractivity contribution in [1.29, 1.82) is 0 Å². The van der Waals surface area contributed by atoms with Gasteiger partial charge in [0.15, 0.2) is 0 Å². The predicted molar refractivity (Wildman–Crippen MR) is 137 cm³/mol. The van der Waals surface area contributed by atoms with Crippen molar-refractivity contribution >= 4 is 12.2 Å². The minimum absolute atomic E-state index is 0.129. The lowest BCUT2D eigenvalue weighted by Crippen LogP contribution is -2.32. The molecule has 0 radical (unpaired) electrons. The largest absolute Gasteiger partial charge is 0.481 e. The van der Waals surface area contributed by atoms with Crippen LogP contribution in [-0.4, -0.2) is 27.5 Å². The molecule has 3 aromatic rings. The topological polar surface area (TPSA) is 103 Å². The van der Waals surface area contributed by atoms with Crippen molar-refractivity contribution in [2.75, 3.05) is 0 Å². The van der Waals surface area contributed by atoms with Crippen LogP contribution in [0.5, 0.6) is 0 Å². The lowest BCUT2D eigenvalue weighted by Gasteiger charge is -2.36. The van der Waals surface area contributed by atoms with Crippen molar-refractivity contribution in [1.82, 2.24) is 4.98 Å². The number of aliphatic carboxylic acids is 1. The number of pyridine rings is 1. The van der Waals surface area contributed by atoms with E-state index in [4.69, 9.17) is 0 Å². The number of carbonyl (C=O) groups is 1. The third-order valence-electron chi connectivity index (χ3n) is 7.62. The number of benzene rings is 2. The molecule has 1 aliphatic rings. The molecule has 35 heavy (non-hydrogen) atoms. The van der Waals surface area contributed by atoms with Gasteiger partial charge in [-0.25, -0.2) is 0 Å². The molecule has 1 aliphatic carbocycles. The van der Waals surface area contributed by atoms with E-state index in [0.29, 0.717) is 30.7 Å². The average molecular weight is 473 g/mol. The quantitative estimate of drug-likeness (QED) is 0.239. The smallest absolute Gasteiger partial charge is 0.306 e. The van der Waals surface area contributed by atoms with Gasteiger partial charge in [-0.2, -0.15) is 0 Å². The van der Waals surface area contributed by atoms with Crippen LogP contribution >= 0.6 is 0 Å². The first-order valence-electron chi connectivity index (χ1n) is 12.1. The minimum Gasteiger partial charge on any atom is -0.481 e. The van der Waals surface area contributed by atoms with Gasteiger partial charge in [0.2, 0.25) is 0 Å². The van der Waals surface area contributed by atoms with Crippen LogP contribution in [0.2, 0.25) is 0 Å². The Morgan fingerprint density at radius 2 is 1.71 bits per heavy atom. The van der Waals surface area contributed by atoms with E-state index in [2.05, 4.69) is 53.5 Å². The first-order valence-corrected chi connectivity index (χ1v) is 12.1. The molecule has 1 fully saturated rings.